The number of carbonyl (C=O) groups is 1. The van der Waals surface area contributed by atoms with E-state index in [1.54, 1.807) is 0 Å². The molecule has 4 nitrogen and oxygen atoms in total. The summed E-state index contributed by atoms with van der Waals surface area (Å²) < 4.78 is 5.58. The quantitative estimate of drug-likeness (QED) is 0.853. The maximum Gasteiger partial charge on any atom is 0.273 e. The lowest BCUT2D eigenvalue weighted by molar-refractivity contribution is -0.0388. The third kappa shape index (κ3) is 3.05. The molecule has 0 N–H and O–H groups in total. The molecule has 1 amide bonds. The smallest absolute Gasteiger partial charge is 0.273 e. The number of rotatable bonds is 2. The van der Waals surface area contributed by atoms with Crippen LogP contribution >= 0.6 is 11.3 Å². The van der Waals surface area contributed by atoms with Crippen molar-refractivity contribution in [3.05, 3.63) is 40.9 Å². The Morgan fingerprint density at radius 1 is 1.32 bits per heavy atom. The molecule has 0 aliphatic carbocycles. The largest absolute Gasteiger partial charge is 0.375 e. The number of hydrogen-bond donors (Lipinski definition) is 0. The third-order valence-corrected chi connectivity index (χ3v) is 4.78. The van der Waals surface area contributed by atoms with Crippen LogP contribution in [0.15, 0.2) is 29.6 Å². The van der Waals surface area contributed by atoms with Gasteiger partial charge in [-0.25, -0.2) is 4.98 Å². The molecule has 116 valence electrons. The Kier molecular flexibility index (Phi) is 4.27. The van der Waals surface area contributed by atoms with E-state index in [9.17, 15) is 4.79 Å². The predicted octanol–water partition coefficient (Wildman–Crippen LogP) is 3.37. The minimum Gasteiger partial charge on any atom is -0.375 e. The molecule has 1 aliphatic heterocycles. The number of aromatic nitrogens is 1. The third-order valence-electron chi connectivity index (χ3n) is 3.89. The molecule has 1 fully saturated rings. The molecule has 1 aromatic heterocycles. The van der Waals surface area contributed by atoms with E-state index in [4.69, 9.17) is 4.74 Å². The van der Waals surface area contributed by atoms with Gasteiger partial charge >= 0.3 is 0 Å². The van der Waals surface area contributed by atoms with Gasteiger partial charge in [-0.1, -0.05) is 29.8 Å². The van der Waals surface area contributed by atoms with Crippen molar-refractivity contribution in [1.82, 2.24) is 9.88 Å². The highest BCUT2D eigenvalue weighted by atomic mass is 32.1. The van der Waals surface area contributed by atoms with Crippen LogP contribution in [-0.2, 0) is 4.74 Å². The van der Waals surface area contributed by atoms with Crippen LogP contribution in [0.5, 0.6) is 0 Å². The zero-order valence-corrected chi connectivity index (χ0v) is 13.9. The lowest BCUT2D eigenvalue weighted by Gasteiger charge is -2.36. The minimum atomic E-state index is -0.00254. The Hall–Kier alpha value is -1.72. The Labute approximate surface area is 134 Å². The number of ether oxygens (including phenoxy) is 1. The molecule has 3 rings (SSSR count). The summed E-state index contributed by atoms with van der Waals surface area (Å²) in [5.74, 6) is -0.00254. The van der Waals surface area contributed by atoms with Crippen LogP contribution in [0.1, 0.15) is 29.9 Å². The average Bonchev–Trinajstić information content (AvgIpc) is 2.99. The summed E-state index contributed by atoms with van der Waals surface area (Å²) in [6, 6.07) is 8.30. The van der Waals surface area contributed by atoms with Gasteiger partial charge in [0.1, 0.15) is 10.7 Å². The molecular formula is C17H20N2O2S. The van der Waals surface area contributed by atoms with E-state index in [1.165, 1.54) is 16.9 Å². The number of aryl methyl sites for hydroxylation is 1. The van der Waals surface area contributed by atoms with Crippen LogP contribution in [0.25, 0.3) is 10.6 Å². The van der Waals surface area contributed by atoms with E-state index >= 15 is 0 Å². The predicted molar refractivity (Wildman–Crippen MR) is 88.2 cm³/mol. The van der Waals surface area contributed by atoms with E-state index in [0.29, 0.717) is 18.8 Å². The zero-order valence-electron chi connectivity index (χ0n) is 13.1. The van der Waals surface area contributed by atoms with E-state index in [-0.39, 0.29) is 18.1 Å². The normalized spacial score (nSPS) is 21.9. The molecule has 2 aromatic rings. The molecule has 0 saturated carbocycles. The molecule has 22 heavy (non-hydrogen) atoms. The summed E-state index contributed by atoms with van der Waals surface area (Å²) in [5, 5.41) is 2.74. The summed E-state index contributed by atoms with van der Waals surface area (Å²) in [6.45, 7) is 7.27. The topological polar surface area (TPSA) is 42.4 Å². The highest BCUT2D eigenvalue weighted by Gasteiger charge is 2.29. The number of nitrogens with zero attached hydrogens (tertiary/aromatic N) is 2. The van der Waals surface area contributed by atoms with E-state index in [1.807, 2.05) is 36.3 Å². The van der Waals surface area contributed by atoms with Gasteiger partial charge < -0.3 is 9.64 Å². The molecule has 1 aromatic carbocycles. The highest BCUT2D eigenvalue weighted by Crippen LogP contribution is 2.25. The fraction of sp³-hybridized carbons (Fsp3) is 0.412. The lowest BCUT2D eigenvalue weighted by atomic mass is 10.1. The van der Waals surface area contributed by atoms with Gasteiger partial charge in [-0.15, -0.1) is 11.3 Å². The van der Waals surface area contributed by atoms with Crippen molar-refractivity contribution >= 4 is 17.2 Å². The van der Waals surface area contributed by atoms with Gasteiger partial charge in [-0.2, -0.15) is 0 Å². The first-order valence-corrected chi connectivity index (χ1v) is 8.37. The van der Waals surface area contributed by atoms with Crippen LogP contribution < -0.4 is 0 Å². The zero-order chi connectivity index (χ0) is 15.7. The molecule has 2 atom stereocenters. The summed E-state index contributed by atoms with van der Waals surface area (Å²) >= 11 is 1.51. The summed E-state index contributed by atoms with van der Waals surface area (Å²) in [5.41, 5.74) is 2.80. The van der Waals surface area contributed by atoms with Crippen LogP contribution in [-0.4, -0.2) is 41.1 Å². The second-order valence-electron chi connectivity index (χ2n) is 5.85. The second kappa shape index (κ2) is 6.18. The molecule has 0 radical (unpaired) electrons. The fourth-order valence-electron chi connectivity index (χ4n) is 2.53. The molecular weight excluding hydrogens is 296 g/mol. The standard InChI is InChI=1S/C17H20N2O2S/c1-11-4-6-14(7-5-11)16-18-15(10-22-16)17(20)19-8-13(3)21-9-12(19)2/h4-7,10,12-13H,8-9H2,1-3H3/t12-,13+/m1/s1. The van der Waals surface area contributed by atoms with Crippen molar-refractivity contribution < 1.29 is 9.53 Å². The number of carbonyl (C=O) groups excluding carboxylic acids is 1. The molecule has 0 unspecified atom stereocenters. The van der Waals surface area contributed by atoms with E-state index in [0.717, 1.165) is 10.6 Å². The van der Waals surface area contributed by atoms with Crippen molar-refractivity contribution in [3.8, 4) is 10.6 Å². The molecule has 1 aliphatic rings. The van der Waals surface area contributed by atoms with Crippen LogP contribution in [0.3, 0.4) is 0 Å². The van der Waals surface area contributed by atoms with E-state index < -0.39 is 0 Å². The molecule has 0 spiro atoms. The monoisotopic (exact) mass is 316 g/mol. The van der Waals surface area contributed by atoms with Gasteiger partial charge in [0.05, 0.1) is 18.8 Å². The van der Waals surface area contributed by atoms with Crippen LogP contribution in [0.2, 0.25) is 0 Å². The Balaban J connectivity index is 1.81. The van der Waals surface area contributed by atoms with Crippen molar-refractivity contribution in [1.29, 1.82) is 0 Å². The number of morpholine rings is 1. The lowest BCUT2D eigenvalue weighted by Crippen LogP contribution is -2.50. The van der Waals surface area contributed by atoms with Gasteiger partial charge in [-0.3, -0.25) is 4.79 Å². The number of hydrogen-bond acceptors (Lipinski definition) is 4. The molecule has 2 heterocycles. The van der Waals surface area contributed by atoms with Gasteiger partial charge in [0.2, 0.25) is 0 Å². The summed E-state index contributed by atoms with van der Waals surface area (Å²) in [7, 11) is 0. The Morgan fingerprint density at radius 3 is 2.77 bits per heavy atom. The first-order valence-electron chi connectivity index (χ1n) is 7.49. The van der Waals surface area contributed by atoms with Crippen molar-refractivity contribution in [3.63, 3.8) is 0 Å². The fourth-order valence-corrected chi connectivity index (χ4v) is 3.33. The first kappa shape index (κ1) is 15.2. The maximum absolute atomic E-state index is 12.7. The number of amides is 1. The maximum atomic E-state index is 12.7. The number of benzene rings is 1. The van der Waals surface area contributed by atoms with Gasteiger partial charge in [-0.05, 0) is 20.8 Å². The van der Waals surface area contributed by atoms with Crippen LogP contribution in [0, 0.1) is 6.92 Å². The Morgan fingerprint density at radius 2 is 2.05 bits per heavy atom. The highest BCUT2D eigenvalue weighted by molar-refractivity contribution is 7.13. The summed E-state index contributed by atoms with van der Waals surface area (Å²) in [6.07, 6.45) is 0.0790. The van der Waals surface area contributed by atoms with Gasteiger partial charge in [0.15, 0.2) is 0 Å². The average molecular weight is 316 g/mol. The Bertz CT molecular complexity index is 666. The van der Waals surface area contributed by atoms with Gasteiger partial charge in [0, 0.05) is 17.5 Å². The first-order chi connectivity index (χ1) is 10.5. The van der Waals surface area contributed by atoms with Crippen molar-refractivity contribution in [2.45, 2.75) is 32.9 Å². The number of thiazole rings is 1. The molecule has 0 bridgehead atoms. The van der Waals surface area contributed by atoms with Crippen molar-refractivity contribution in [2.24, 2.45) is 0 Å². The molecule has 5 heteroatoms. The van der Waals surface area contributed by atoms with Gasteiger partial charge in [0.25, 0.3) is 5.91 Å². The summed E-state index contributed by atoms with van der Waals surface area (Å²) in [4.78, 5) is 19.1. The minimum absolute atomic E-state index is 0.00254. The van der Waals surface area contributed by atoms with Crippen LogP contribution in [0.4, 0.5) is 0 Å². The SMILES string of the molecule is Cc1ccc(-c2nc(C(=O)N3C[C@H](C)OC[C@H]3C)cs2)cc1. The van der Waals surface area contributed by atoms with Crippen molar-refractivity contribution in [2.75, 3.05) is 13.2 Å². The molecule has 1 saturated heterocycles. The second-order valence-corrected chi connectivity index (χ2v) is 6.71. The van der Waals surface area contributed by atoms with E-state index in [2.05, 4.69) is 24.0 Å².